The van der Waals surface area contributed by atoms with Crippen LogP contribution in [0.5, 0.6) is 0 Å². The zero-order valence-corrected chi connectivity index (χ0v) is 14.6. The lowest BCUT2D eigenvalue weighted by Gasteiger charge is -2.34. The van der Waals surface area contributed by atoms with Crippen LogP contribution in [0.1, 0.15) is 41.6 Å². The number of rotatable bonds is 3. The van der Waals surface area contributed by atoms with Gasteiger partial charge in [-0.2, -0.15) is 0 Å². The summed E-state index contributed by atoms with van der Waals surface area (Å²) in [6.07, 6.45) is 3.97. The van der Waals surface area contributed by atoms with Gasteiger partial charge in [0.1, 0.15) is 0 Å². The van der Waals surface area contributed by atoms with E-state index in [9.17, 15) is 9.90 Å². The molecule has 1 aliphatic carbocycles. The molecule has 0 unspecified atom stereocenters. The Kier molecular flexibility index (Phi) is 4.56. The van der Waals surface area contributed by atoms with Gasteiger partial charge in [-0.1, -0.05) is 0 Å². The average Bonchev–Trinajstić information content (AvgIpc) is 2.97. The number of nitrogens with zero attached hydrogens (tertiary/aromatic N) is 2. The Balaban J connectivity index is 1.53. The number of morpholine rings is 1. The van der Waals surface area contributed by atoms with Crippen LogP contribution in [0.4, 0.5) is 11.4 Å². The fourth-order valence-electron chi connectivity index (χ4n) is 4.40. The van der Waals surface area contributed by atoms with Crippen LogP contribution in [0.15, 0.2) is 12.1 Å². The van der Waals surface area contributed by atoms with Gasteiger partial charge in [0.2, 0.25) is 0 Å². The molecule has 3 N–H and O–H groups in total. The van der Waals surface area contributed by atoms with E-state index in [0.29, 0.717) is 25.7 Å². The van der Waals surface area contributed by atoms with Crippen LogP contribution < -0.4 is 10.6 Å². The molecule has 0 aromatic heterocycles. The summed E-state index contributed by atoms with van der Waals surface area (Å²) in [5.41, 5.74) is 9.85. The number of carbonyl (C=O) groups is 1. The summed E-state index contributed by atoms with van der Waals surface area (Å²) in [6.45, 7) is 3.95. The third-order valence-electron chi connectivity index (χ3n) is 5.95. The highest BCUT2D eigenvalue weighted by Crippen LogP contribution is 2.36. The van der Waals surface area contributed by atoms with Crippen LogP contribution in [0, 0.1) is 5.92 Å². The molecule has 1 aromatic carbocycles. The third-order valence-corrected chi connectivity index (χ3v) is 5.95. The largest absolute Gasteiger partial charge is 0.397 e. The first kappa shape index (κ1) is 16.7. The van der Waals surface area contributed by atoms with Crippen molar-refractivity contribution in [2.45, 2.75) is 38.3 Å². The van der Waals surface area contributed by atoms with Crippen molar-refractivity contribution in [2.24, 2.45) is 5.92 Å². The topological polar surface area (TPSA) is 79.0 Å². The Hall–Kier alpha value is -1.79. The van der Waals surface area contributed by atoms with Crippen LogP contribution >= 0.6 is 0 Å². The number of nitrogens with two attached hydrogens (primary N) is 1. The molecule has 2 fully saturated rings. The molecule has 0 radical (unpaired) electrons. The maximum atomic E-state index is 13.0. The van der Waals surface area contributed by atoms with Crippen molar-refractivity contribution in [1.29, 1.82) is 0 Å². The molecule has 1 amide bonds. The number of aliphatic hydroxyl groups excluding tert-OH is 1. The Bertz CT molecular complexity index is 650. The number of anilines is 2. The number of benzene rings is 1. The van der Waals surface area contributed by atoms with E-state index < -0.39 is 0 Å². The second-order valence-corrected chi connectivity index (χ2v) is 7.46. The van der Waals surface area contributed by atoms with Crippen molar-refractivity contribution in [1.82, 2.24) is 4.90 Å². The predicted octanol–water partition coefficient (Wildman–Crippen LogP) is 1.61. The standard InChI is InChI=1S/C19H27N3O3/c20-17-9-14-11-22(15-3-1-13(12-23)2-4-15)19(24)16(14)10-18(17)21-5-7-25-8-6-21/h9-10,13,15,23H,1-8,11-12,20H2. The van der Waals surface area contributed by atoms with Crippen LogP contribution in [0.3, 0.4) is 0 Å². The van der Waals surface area contributed by atoms with Crippen LogP contribution in [0.25, 0.3) is 0 Å². The number of hydrogen-bond acceptors (Lipinski definition) is 5. The molecule has 136 valence electrons. The molecule has 1 saturated carbocycles. The van der Waals surface area contributed by atoms with Crippen molar-refractivity contribution >= 4 is 17.3 Å². The van der Waals surface area contributed by atoms with E-state index >= 15 is 0 Å². The normalized spacial score (nSPS) is 26.8. The molecule has 2 aliphatic heterocycles. The lowest BCUT2D eigenvalue weighted by atomic mass is 9.86. The Morgan fingerprint density at radius 3 is 2.56 bits per heavy atom. The Morgan fingerprint density at radius 1 is 1.16 bits per heavy atom. The molecule has 6 nitrogen and oxygen atoms in total. The van der Waals surface area contributed by atoms with Crippen LogP contribution in [0.2, 0.25) is 0 Å². The van der Waals surface area contributed by atoms with Crippen LogP contribution in [-0.4, -0.2) is 54.9 Å². The van der Waals surface area contributed by atoms with Gasteiger partial charge >= 0.3 is 0 Å². The summed E-state index contributed by atoms with van der Waals surface area (Å²) in [5.74, 6) is 0.539. The van der Waals surface area contributed by atoms with E-state index in [1.54, 1.807) is 0 Å². The number of aliphatic hydroxyl groups is 1. The summed E-state index contributed by atoms with van der Waals surface area (Å²) in [4.78, 5) is 17.2. The minimum Gasteiger partial charge on any atom is -0.397 e. The van der Waals surface area contributed by atoms with Gasteiger partial charge in [-0.15, -0.1) is 0 Å². The zero-order chi connectivity index (χ0) is 17.4. The first-order valence-electron chi connectivity index (χ1n) is 9.34. The van der Waals surface area contributed by atoms with Gasteiger partial charge in [0.15, 0.2) is 0 Å². The molecule has 0 bridgehead atoms. The number of nitrogen functional groups attached to an aromatic ring is 1. The Morgan fingerprint density at radius 2 is 1.88 bits per heavy atom. The summed E-state index contributed by atoms with van der Waals surface area (Å²) in [6, 6.07) is 4.26. The molecule has 2 heterocycles. The highest BCUT2D eigenvalue weighted by molar-refractivity contribution is 6.00. The monoisotopic (exact) mass is 345 g/mol. The smallest absolute Gasteiger partial charge is 0.254 e. The third kappa shape index (κ3) is 3.09. The van der Waals surface area contributed by atoms with Gasteiger partial charge in [0, 0.05) is 37.8 Å². The van der Waals surface area contributed by atoms with Gasteiger partial charge in [-0.05, 0) is 49.3 Å². The van der Waals surface area contributed by atoms with Crippen LogP contribution in [-0.2, 0) is 11.3 Å². The van der Waals surface area contributed by atoms with E-state index in [0.717, 1.165) is 61.3 Å². The van der Waals surface area contributed by atoms with Gasteiger partial charge < -0.3 is 25.4 Å². The minimum absolute atomic E-state index is 0.136. The summed E-state index contributed by atoms with van der Waals surface area (Å²) >= 11 is 0. The molecule has 6 heteroatoms. The van der Waals surface area contributed by atoms with Gasteiger partial charge in [-0.25, -0.2) is 0 Å². The second kappa shape index (κ2) is 6.84. The van der Waals surface area contributed by atoms with Crippen molar-refractivity contribution in [3.8, 4) is 0 Å². The lowest BCUT2D eigenvalue weighted by Crippen LogP contribution is -2.38. The van der Waals surface area contributed by atoms with Crippen molar-refractivity contribution in [2.75, 3.05) is 43.5 Å². The Labute approximate surface area is 148 Å². The van der Waals surface area contributed by atoms with Gasteiger partial charge in [0.05, 0.1) is 24.6 Å². The lowest BCUT2D eigenvalue weighted by molar-refractivity contribution is 0.0609. The van der Waals surface area contributed by atoms with E-state index in [4.69, 9.17) is 10.5 Å². The average molecular weight is 345 g/mol. The molecule has 0 atom stereocenters. The predicted molar refractivity (Wildman–Crippen MR) is 96.6 cm³/mol. The van der Waals surface area contributed by atoms with E-state index in [-0.39, 0.29) is 18.6 Å². The minimum atomic E-state index is 0.136. The van der Waals surface area contributed by atoms with E-state index in [1.165, 1.54) is 0 Å². The maximum absolute atomic E-state index is 13.0. The molecule has 1 aromatic rings. The van der Waals surface area contributed by atoms with E-state index in [2.05, 4.69) is 4.90 Å². The fraction of sp³-hybridized carbons (Fsp3) is 0.632. The first-order valence-corrected chi connectivity index (χ1v) is 9.34. The quantitative estimate of drug-likeness (QED) is 0.814. The molecule has 1 saturated heterocycles. The highest BCUT2D eigenvalue weighted by Gasteiger charge is 2.35. The second-order valence-electron chi connectivity index (χ2n) is 7.46. The van der Waals surface area contributed by atoms with Gasteiger partial charge in [-0.3, -0.25) is 4.79 Å². The molecule has 4 rings (SSSR count). The molecule has 25 heavy (non-hydrogen) atoms. The first-order chi connectivity index (χ1) is 12.2. The van der Waals surface area contributed by atoms with Crippen molar-refractivity contribution in [3.63, 3.8) is 0 Å². The summed E-state index contributed by atoms with van der Waals surface area (Å²) in [5, 5.41) is 9.31. The maximum Gasteiger partial charge on any atom is 0.254 e. The summed E-state index contributed by atoms with van der Waals surface area (Å²) < 4.78 is 5.41. The van der Waals surface area contributed by atoms with Crippen molar-refractivity contribution in [3.05, 3.63) is 23.3 Å². The molecular formula is C19H27N3O3. The summed E-state index contributed by atoms with van der Waals surface area (Å²) in [7, 11) is 0. The zero-order valence-electron chi connectivity index (χ0n) is 14.6. The fourth-order valence-corrected chi connectivity index (χ4v) is 4.40. The van der Waals surface area contributed by atoms with E-state index in [1.807, 2.05) is 17.0 Å². The number of ether oxygens (including phenoxy) is 1. The number of fused-ring (bicyclic) bond motifs is 1. The van der Waals surface area contributed by atoms with Crippen molar-refractivity contribution < 1.29 is 14.6 Å². The molecule has 3 aliphatic rings. The SMILES string of the molecule is Nc1cc2c(cc1N1CCOCC1)C(=O)N(C1CCC(CO)CC1)C2. The molecular weight excluding hydrogens is 318 g/mol. The highest BCUT2D eigenvalue weighted by atomic mass is 16.5. The number of amides is 1. The molecule has 0 spiro atoms. The number of carbonyl (C=O) groups excluding carboxylic acids is 1. The van der Waals surface area contributed by atoms with Gasteiger partial charge in [0.25, 0.3) is 5.91 Å². The number of hydrogen-bond donors (Lipinski definition) is 2.